The molecule has 1 aliphatic carbocycles. The fourth-order valence-electron chi connectivity index (χ4n) is 3.56. The van der Waals surface area contributed by atoms with Gasteiger partial charge in [-0.2, -0.15) is 5.26 Å². The molecule has 0 saturated carbocycles. The first-order valence-electron chi connectivity index (χ1n) is 8.65. The first kappa shape index (κ1) is 19.8. The standard InChI is InChI=1S/C21H19F2N3O2/c1-12-17(23)5-13(9-25-12)16-6-15(22)10-26-18(16)21(28-4)7-14(8-24)19(27)20(2,3)11-21/h5-7,9-10H,11H2,1-4H3. The van der Waals surface area contributed by atoms with E-state index in [1.807, 2.05) is 6.07 Å². The predicted octanol–water partition coefficient (Wildman–Crippen LogP) is 4.02. The summed E-state index contributed by atoms with van der Waals surface area (Å²) < 4.78 is 33.9. The van der Waals surface area contributed by atoms with E-state index < -0.39 is 22.7 Å². The number of aryl methyl sites for hydroxylation is 1. The van der Waals surface area contributed by atoms with Crippen molar-refractivity contribution >= 4 is 5.78 Å². The topological polar surface area (TPSA) is 75.9 Å². The van der Waals surface area contributed by atoms with E-state index in [4.69, 9.17) is 4.74 Å². The molecule has 7 heteroatoms. The van der Waals surface area contributed by atoms with Crippen LogP contribution >= 0.6 is 0 Å². The molecule has 0 spiro atoms. The van der Waals surface area contributed by atoms with Crippen molar-refractivity contribution in [2.75, 3.05) is 7.11 Å². The second-order valence-electron chi connectivity index (χ2n) is 7.49. The van der Waals surface area contributed by atoms with E-state index in [1.165, 1.54) is 38.4 Å². The molecular weight excluding hydrogens is 364 g/mol. The minimum Gasteiger partial charge on any atom is -0.368 e. The maximum absolute atomic E-state index is 14.1. The number of Topliss-reactive ketones (excluding diaryl/α,β-unsaturated/α-hetero) is 1. The van der Waals surface area contributed by atoms with Crippen LogP contribution in [0, 0.1) is 35.3 Å². The third-order valence-corrected chi connectivity index (χ3v) is 5.02. The highest BCUT2D eigenvalue weighted by molar-refractivity contribution is 6.04. The number of carbonyl (C=O) groups excluding carboxylic acids is 1. The Morgan fingerprint density at radius 2 is 1.93 bits per heavy atom. The fraction of sp³-hybridized carbons (Fsp3) is 0.333. The molecule has 2 heterocycles. The molecule has 0 N–H and O–H groups in total. The number of halogens is 2. The van der Waals surface area contributed by atoms with Gasteiger partial charge in [0.15, 0.2) is 5.78 Å². The predicted molar refractivity (Wildman–Crippen MR) is 97.9 cm³/mol. The molecule has 0 saturated heterocycles. The average molecular weight is 383 g/mol. The van der Waals surface area contributed by atoms with Crippen LogP contribution in [0.3, 0.4) is 0 Å². The van der Waals surface area contributed by atoms with Gasteiger partial charge in [-0.25, -0.2) is 8.78 Å². The van der Waals surface area contributed by atoms with E-state index in [0.717, 1.165) is 6.20 Å². The molecule has 1 atom stereocenters. The molecule has 2 aromatic heterocycles. The van der Waals surface area contributed by atoms with Crippen LogP contribution in [0.1, 0.15) is 31.7 Å². The summed E-state index contributed by atoms with van der Waals surface area (Å²) in [5.41, 5.74) is -1.10. The van der Waals surface area contributed by atoms with Gasteiger partial charge in [0.1, 0.15) is 23.3 Å². The van der Waals surface area contributed by atoms with Gasteiger partial charge in [0.2, 0.25) is 0 Å². The van der Waals surface area contributed by atoms with Crippen LogP contribution in [0.4, 0.5) is 8.78 Å². The van der Waals surface area contributed by atoms with Crippen molar-refractivity contribution in [2.24, 2.45) is 5.41 Å². The Balaban J connectivity index is 2.30. The number of aromatic nitrogens is 2. The van der Waals surface area contributed by atoms with E-state index in [1.54, 1.807) is 13.8 Å². The number of nitriles is 1. The maximum Gasteiger partial charge on any atom is 0.178 e. The van der Waals surface area contributed by atoms with Crippen LogP contribution in [-0.2, 0) is 15.1 Å². The highest BCUT2D eigenvalue weighted by Crippen LogP contribution is 2.47. The number of rotatable bonds is 3. The summed E-state index contributed by atoms with van der Waals surface area (Å²) in [6.07, 6.45) is 4.06. The van der Waals surface area contributed by atoms with Gasteiger partial charge in [0, 0.05) is 29.8 Å². The van der Waals surface area contributed by atoms with Crippen LogP contribution in [-0.4, -0.2) is 22.9 Å². The van der Waals surface area contributed by atoms with Crippen molar-refractivity contribution in [1.82, 2.24) is 9.97 Å². The van der Waals surface area contributed by atoms with Gasteiger partial charge in [-0.15, -0.1) is 0 Å². The maximum atomic E-state index is 14.1. The smallest absolute Gasteiger partial charge is 0.178 e. The average Bonchev–Trinajstić information content (AvgIpc) is 2.66. The molecule has 2 aromatic rings. The van der Waals surface area contributed by atoms with Gasteiger partial charge in [-0.1, -0.05) is 13.8 Å². The number of nitrogens with zero attached hydrogens (tertiary/aromatic N) is 3. The lowest BCUT2D eigenvalue weighted by atomic mass is 9.68. The van der Waals surface area contributed by atoms with Crippen molar-refractivity contribution in [3.8, 4) is 17.2 Å². The molecule has 1 unspecified atom stereocenters. The van der Waals surface area contributed by atoms with Crippen LogP contribution < -0.4 is 0 Å². The Kier molecular flexibility index (Phi) is 4.86. The van der Waals surface area contributed by atoms with Gasteiger partial charge in [-0.05, 0) is 31.6 Å². The normalized spacial score (nSPS) is 21.2. The summed E-state index contributed by atoms with van der Waals surface area (Å²) in [7, 11) is 1.43. The summed E-state index contributed by atoms with van der Waals surface area (Å²) >= 11 is 0. The highest BCUT2D eigenvalue weighted by atomic mass is 19.1. The zero-order valence-electron chi connectivity index (χ0n) is 16.0. The Bertz CT molecular complexity index is 1040. The summed E-state index contributed by atoms with van der Waals surface area (Å²) in [6, 6.07) is 4.38. The Morgan fingerprint density at radius 3 is 2.54 bits per heavy atom. The van der Waals surface area contributed by atoms with E-state index in [-0.39, 0.29) is 34.7 Å². The summed E-state index contributed by atoms with van der Waals surface area (Å²) in [6.45, 7) is 4.95. The quantitative estimate of drug-likeness (QED) is 0.800. The van der Waals surface area contributed by atoms with Gasteiger partial charge < -0.3 is 4.74 Å². The van der Waals surface area contributed by atoms with E-state index in [9.17, 15) is 18.8 Å². The third-order valence-electron chi connectivity index (χ3n) is 5.02. The van der Waals surface area contributed by atoms with Crippen LogP contribution in [0.2, 0.25) is 0 Å². The summed E-state index contributed by atoms with van der Waals surface area (Å²) in [5, 5.41) is 9.43. The number of pyridine rings is 2. The van der Waals surface area contributed by atoms with Crippen molar-refractivity contribution in [1.29, 1.82) is 5.26 Å². The number of carbonyl (C=O) groups is 1. The molecule has 3 rings (SSSR count). The number of ketones is 1. The largest absolute Gasteiger partial charge is 0.368 e. The lowest BCUT2D eigenvalue weighted by Crippen LogP contribution is -2.43. The lowest BCUT2D eigenvalue weighted by Gasteiger charge is -2.40. The number of allylic oxidation sites excluding steroid dienone is 1. The van der Waals surface area contributed by atoms with E-state index >= 15 is 0 Å². The van der Waals surface area contributed by atoms with E-state index in [2.05, 4.69) is 9.97 Å². The van der Waals surface area contributed by atoms with Crippen LogP contribution in [0.25, 0.3) is 11.1 Å². The molecule has 28 heavy (non-hydrogen) atoms. The molecular formula is C21H19F2N3O2. The van der Waals surface area contributed by atoms with Gasteiger partial charge in [0.25, 0.3) is 0 Å². The fourth-order valence-corrected chi connectivity index (χ4v) is 3.56. The van der Waals surface area contributed by atoms with Gasteiger partial charge in [-0.3, -0.25) is 14.8 Å². The second-order valence-corrected chi connectivity index (χ2v) is 7.49. The Labute approximate surface area is 161 Å². The first-order valence-corrected chi connectivity index (χ1v) is 8.65. The number of ether oxygens (including phenoxy) is 1. The monoisotopic (exact) mass is 383 g/mol. The van der Waals surface area contributed by atoms with Crippen molar-refractivity contribution in [3.63, 3.8) is 0 Å². The first-order chi connectivity index (χ1) is 13.1. The number of methoxy groups -OCH3 is 1. The van der Waals surface area contributed by atoms with Crippen molar-refractivity contribution in [3.05, 3.63) is 59.2 Å². The second kappa shape index (κ2) is 6.88. The minimum absolute atomic E-state index is 0.0524. The molecule has 0 aliphatic heterocycles. The molecule has 5 nitrogen and oxygen atoms in total. The third kappa shape index (κ3) is 3.20. The molecule has 0 aromatic carbocycles. The van der Waals surface area contributed by atoms with E-state index in [0.29, 0.717) is 5.56 Å². The summed E-state index contributed by atoms with van der Waals surface area (Å²) in [4.78, 5) is 20.7. The van der Waals surface area contributed by atoms with Crippen LogP contribution in [0.15, 0.2) is 36.2 Å². The molecule has 1 aliphatic rings. The molecule has 0 fully saturated rings. The zero-order chi connectivity index (χ0) is 20.7. The molecule has 0 amide bonds. The minimum atomic E-state index is -1.26. The Hall–Kier alpha value is -2.98. The molecule has 0 radical (unpaired) electrons. The summed E-state index contributed by atoms with van der Waals surface area (Å²) in [5.74, 6) is -1.44. The van der Waals surface area contributed by atoms with Crippen molar-refractivity contribution in [2.45, 2.75) is 32.8 Å². The van der Waals surface area contributed by atoms with Crippen molar-refractivity contribution < 1.29 is 18.3 Å². The number of hydrogen-bond acceptors (Lipinski definition) is 5. The lowest BCUT2D eigenvalue weighted by molar-refractivity contribution is -0.128. The molecule has 0 bridgehead atoms. The Morgan fingerprint density at radius 1 is 1.21 bits per heavy atom. The highest BCUT2D eigenvalue weighted by Gasteiger charge is 2.48. The van der Waals surface area contributed by atoms with Gasteiger partial charge >= 0.3 is 0 Å². The van der Waals surface area contributed by atoms with Crippen LogP contribution in [0.5, 0.6) is 0 Å². The zero-order valence-corrected chi connectivity index (χ0v) is 16.0. The molecule has 144 valence electrons. The SMILES string of the molecule is COC1(c2ncc(F)cc2-c2cnc(C)c(F)c2)C=C(C#N)C(=O)C(C)(C)C1. The number of hydrogen-bond donors (Lipinski definition) is 0. The van der Waals surface area contributed by atoms with Gasteiger partial charge in [0.05, 0.1) is 23.2 Å².